The quantitative estimate of drug-likeness (QED) is 0.503. The molecule has 0 spiro atoms. The van der Waals surface area contributed by atoms with Crippen LogP contribution in [0, 0.1) is 12.3 Å². The molecule has 0 heterocycles. The highest BCUT2D eigenvalue weighted by Gasteiger charge is 2.14. The summed E-state index contributed by atoms with van der Waals surface area (Å²) in [4.78, 5) is 3.18. The largest absolute Gasteiger partial charge is 0.384 e. The second-order valence-electron chi connectivity index (χ2n) is 5.11. The van der Waals surface area contributed by atoms with Gasteiger partial charge in [0.15, 0.2) is 0 Å². The summed E-state index contributed by atoms with van der Waals surface area (Å²) in [5.74, 6) is 0.117. The Bertz CT molecular complexity index is 652. The molecule has 3 nitrogen and oxygen atoms in total. The molecule has 0 fully saturated rings. The zero-order chi connectivity index (χ0) is 15.4. The van der Waals surface area contributed by atoms with Crippen molar-refractivity contribution in [1.29, 1.82) is 5.41 Å². The van der Waals surface area contributed by atoms with Gasteiger partial charge < -0.3 is 10.6 Å². The fourth-order valence-electron chi connectivity index (χ4n) is 2.45. The molecule has 0 aromatic heterocycles. The van der Waals surface area contributed by atoms with E-state index in [0.717, 1.165) is 22.7 Å². The number of aryl methyl sites for hydroxylation is 1. The van der Waals surface area contributed by atoms with Gasteiger partial charge in [0.25, 0.3) is 0 Å². The number of nitrogens with one attached hydrogen (secondary N) is 1. The Morgan fingerprint density at radius 1 is 1.24 bits per heavy atom. The summed E-state index contributed by atoms with van der Waals surface area (Å²) < 4.78 is 0. The molecule has 2 aromatic rings. The van der Waals surface area contributed by atoms with E-state index in [4.69, 9.17) is 11.1 Å². The number of thioether (sulfide) groups is 1. The standard InChI is InChI=1S/C17H21N3S/c1-12-6-4-7-13(10-12)11-20(2)14-8-5-9-15(21-3)16(14)17(18)19/h4-10H,11H2,1-3H3,(H3,18,19). The Hall–Kier alpha value is -1.94. The summed E-state index contributed by atoms with van der Waals surface area (Å²) in [5.41, 5.74) is 10.1. The minimum atomic E-state index is 0.117. The molecule has 0 bridgehead atoms. The summed E-state index contributed by atoms with van der Waals surface area (Å²) in [7, 11) is 2.04. The molecule has 0 aliphatic heterocycles. The normalized spacial score (nSPS) is 10.4. The number of nitrogen functional groups attached to an aromatic ring is 1. The van der Waals surface area contributed by atoms with Crippen molar-refractivity contribution in [2.45, 2.75) is 18.4 Å². The predicted molar refractivity (Wildman–Crippen MR) is 92.5 cm³/mol. The lowest BCUT2D eigenvalue weighted by Crippen LogP contribution is -2.22. The minimum absolute atomic E-state index is 0.117. The van der Waals surface area contributed by atoms with E-state index >= 15 is 0 Å². The summed E-state index contributed by atoms with van der Waals surface area (Å²) in [6, 6.07) is 14.5. The van der Waals surface area contributed by atoms with Gasteiger partial charge in [-0.2, -0.15) is 0 Å². The van der Waals surface area contributed by atoms with Crippen LogP contribution in [-0.2, 0) is 6.54 Å². The zero-order valence-electron chi connectivity index (χ0n) is 12.7. The molecule has 2 rings (SSSR count). The van der Waals surface area contributed by atoms with Gasteiger partial charge in [-0.1, -0.05) is 35.9 Å². The summed E-state index contributed by atoms with van der Waals surface area (Å²) >= 11 is 1.62. The van der Waals surface area contributed by atoms with Gasteiger partial charge in [-0.25, -0.2) is 0 Å². The molecule has 0 aliphatic carbocycles. The van der Waals surface area contributed by atoms with Crippen LogP contribution in [0.1, 0.15) is 16.7 Å². The van der Waals surface area contributed by atoms with Crippen LogP contribution in [0.4, 0.5) is 5.69 Å². The van der Waals surface area contributed by atoms with Gasteiger partial charge in [-0.15, -0.1) is 11.8 Å². The number of nitrogens with zero attached hydrogens (tertiary/aromatic N) is 1. The number of amidine groups is 1. The Morgan fingerprint density at radius 3 is 2.57 bits per heavy atom. The number of benzene rings is 2. The predicted octanol–water partition coefficient (Wildman–Crippen LogP) is 3.64. The van der Waals surface area contributed by atoms with Crippen molar-refractivity contribution in [3.05, 3.63) is 59.2 Å². The molecule has 0 unspecified atom stereocenters. The molecule has 0 aliphatic rings. The molecule has 2 aromatic carbocycles. The first-order valence-electron chi connectivity index (χ1n) is 6.81. The van der Waals surface area contributed by atoms with Gasteiger partial charge >= 0.3 is 0 Å². The van der Waals surface area contributed by atoms with Crippen LogP contribution < -0.4 is 10.6 Å². The van der Waals surface area contributed by atoms with Crippen molar-refractivity contribution >= 4 is 23.3 Å². The Kier molecular flexibility index (Phi) is 4.91. The van der Waals surface area contributed by atoms with Crippen LogP contribution in [0.5, 0.6) is 0 Å². The molecule has 3 N–H and O–H groups in total. The molecule has 0 saturated carbocycles. The molecular weight excluding hydrogens is 278 g/mol. The second kappa shape index (κ2) is 6.68. The van der Waals surface area contributed by atoms with E-state index < -0.39 is 0 Å². The van der Waals surface area contributed by atoms with Crippen LogP contribution in [-0.4, -0.2) is 19.1 Å². The van der Waals surface area contributed by atoms with E-state index in [-0.39, 0.29) is 5.84 Å². The van der Waals surface area contributed by atoms with Crippen molar-refractivity contribution in [3.63, 3.8) is 0 Å². The number of anilines is 1. The number of nitrogens with two attached hydrogens (primary N) is 1. The fourth-order valence-corrected chi connectivity index (χ4v) is 3.08. The Morgan fingerprint density at radius 2 is 1.95 bits per heavy atom. The number of hydrogen-bond acceptors (Lipinski definition) is 3. The Balaban J connectivity index is 2.35. The van der Waals surface area contributed by atoms with Crippen LogP contribution in [0.3, 0.4) is 0 Å². The van der Waals surface area contributed by atoms with Gasteiger partial charge in [-0.05, 0) is 30.9 Å². The summed E-state index contributed by atoms with van der Waals surface area (Å²) in [5, 5.41) is 7.87. The van der Waals surface area contributed by atoms with Crippen molar-refractivity contribution in [2.24, 2.45) is 5.73 Å². The highest BCUT2D eigenvalue weighted by atomic mass is 32.2. The lowest BCUT2D eigenvalue weighted by Gasteiger charge is -2.23. The maximum atomic E-state index is 7.87. The Labute approximate surface area is 130 Å². The molecule has 110 valence electrons. The molecule has 21 heavy (non-hydrogen) atoms. The first-order chi connectivity index (χ1) is 10.0. The van der Waals surface area contributed by atoms with Crippen LogP contribution in [0.2, 0.25) is 0 Å². The van der Waals surface area contributed by atoms with Crippen molar-refractivity contribution in [3.8, 4) is 0 Å². The third kappa shape index (κ3) is 3.58. The van der Waals surface area contributed by atoms with Gasteiger partial charge in [-0.3, -0.25) is 5.41 Å². The van der Waals surface area contributed by atoms with Crippen LogP contribution in [0.15, 0.2) is 47.4 Å². The topological polar surface area (TPSA) is 53.1 Å². The van der Waals surface area contributed by atoms with E-state index in [1.54, 1.807) is 11.8 Å². The maximum absolute atomic E-state index is 7.87. The average Bonchev–Trinajstić information content (AvgIpc) is 2.46. The SMILES string of the molecule is CSc1cccc(N(C)Cc2cccc(C)c2)c1C(=N)N. The van der Waals surface area contributed by atoms with E-state index in [1.165, 1.54) is 11.1 Å². The number of hydrogen-bond donors (Lipinski definition) is 2. The highest BCUT2D eigenvalue weighted by Crippen LogP contribution is 2.29. The monoisotopic (exact) mass is 299 g/mol. The smallest absolute Gasteiger partial charge is 0.126 e. The maximum Gasteiger partial charge on any atom is 0.126 e. The highest BCUT2D eigenvalue weighted by molar-refractivity contribution is 7.98. The van der Waals surface area contributed by atoms with Gasteiger partial charge in [0.2, 0.25) is 0 Å². The molecule has 0 radical (unpaired) electrons. The average molecular weight is 299 g/mol. The zero-order valence-corrected chi connectivity index (χ0v) is 13.5. The van der Waals surface area contributed by atoms with E-state index in [2.05, 4.69) is 36.1 Å². The second-order valence-corrected chi connectivity index (χ2v) is 5.96. The lowest BCUT2D eigenvalue weighted by atomic mass is 10.1. The van der Waals surface area contributed by atoms with E-state index in [0.29, 0.717) is 0 Å². The molecular formula is C17H21N3S. The van der Waals surface area contributed by atoms with Crippen molar-refractivity contribution in [2.75, 3.05) is 18.2 Å². The summed E-state index contributed by atoms with van der Waals surface area (Å²) in [6.45, 7) is 2.89. The molecule has 0 saturated heterocycles. The molecule has 4 heteroatoms. The molecule has 0 amide bonds. The van der Waals surface area contributed by atoms with Gasteiger partial charge in [0.05, 0.1) is 5.56 Å². The first kappa shape index (κ1) is 15.4. The lowest BCUT2D eigenvalue weighted by molar-refractivity contribution is 0.916. The molecule has 0 atom stereocenters. The van der Waals surface area contributed by atoms with E-state index in [1.807, 2.05) is 31.5 Å². The number of rotatable bonds is 5. The first-order valence-corrected chi connectivity index (χ1v) is 8.03. The van der Waals surface area contributed by atoms with Gasteiger partial charge in [0, 0.05) is 24.2 Å². The fraction of sp³-hybridized carbons (Fsp3) is 0.235. The third-order valence-corrected chi connectivity index (χ3v) is 4.19. The van der Waals surface area contributed by atoms with Crippen molar-refractivity contribution < 1.29 is 0 Å². The summed E-state index contributed by atoms with van der Waals surface area (Å²) in [6.07, 6.45) is 2.01. The van der Waals surface area contributed by atoms with Gasteiger partial charge in [0.1, 0.15) is 5.84 Å². The third-order valence-electron chi connectivity index (χ3n) is 3.41. The van der Waals surface area contributed by atoms with Crippen LogP contribution in [0.25, 0.3) is 0 Å². The van der Waals surface area contributed by atoms with Crippen LogP contribution >= 0.6 is 11.8 Å². The minimum Gasteiger partial charge on any atom is -0.384 e. The van der Waals surface area contributed by atoms with Crippen molar-refractivity contribution in [1.82, 2.24) is 0 Å². The van der Waals surface area contributed by atoms with E-state index in [9.17, 15) is 0 Å².